The van der Waals surface area contributed by atoms with Crippen molar-refractivity contribution in [1.29, 1.82) is 0 Å². The average Bonchev–Trinajstić information content (AvgIpc) is 2.63. The van der Waals surface area contributed by atoms with Gasteiger partial charge in [0, 0.05) is 0 Å². The molecule has 0 aromatic heterocycles. The second-order valence-electron chi connectivity index (χ2n) is 6.72. The summed E-state index contributed by atoms with van der Waals surface area (Å²) in [6.45, 7) is 7.68. The summed E-state index contributed by atoms with van der Waals surface area (Å²) in [6, 6.07) is 8.03. The number of hydrogen-bond donors (Lipinski definition) is 1. The lowest BCUT2D eigenvalue weighted by Crippen LogP contribution is -2.54. The van der Waals surface area contributed by atoms with Crippen LogP contribution in [0.4, 0.5) is 10.5 Å². The maximum Gasteiger partial charge on any atom is 0.335 e. The van der Waals surface area contributed by atoms with Gasteiger partial charge in [-0.15, -0.1) is 0 Å². The summed E-state index contributed by atoms with van der Waals surface area (Å²) in [4.78, 5) is 38.8. The Kier molecular flexibility index (Phi) is 6.58. The summed E-state index contributed by atoms with van der Waals surface area (Å²) in [6.07, 6.45) is 3.06. The van der Waals surface area contributed by atoms with Gasteiger partial charge in [0.1, 0.15) is 17.9 Å². The number of aryl methyl sites for hydroxylation is 2. The van der Waals surface area contributed by atoms with E-state index < -0.39 is 17.8 Å². The van der Waals surface area contributed by atoms with Crippen LogP contribution in [0.25, 0.3) is 6.08 Å². The summed E-state index contributed by atoms with van der Waals surface area (Å²) < 4.78 is 6.85. The zero-order valence-electron chi connectivity index (χ0n) is 16.3. The van der Waals surface area contributed by atoms with E-state index >= 15 is 0 Å². The van der Waals surface area contributed by atoms with Crippen molar-refractivity contribution in [3.05, 3.63) is 74.2 Å². The number of imide groups is 2. The Morgan fingerprint density at radius 2 is 1.63 bits per heavy atom. The first-order valence-corrected chi connectivity index (χ1v) is 10.5. The molecule has 154 valence electrons. The van der Waals surface area contributed by atoms with Gasteiger partial charge in [0.25, 0.3) is 11.8 Å². The van der Waals surface area contributed by atoms with Gasteiger partial charge in [0.15, 0.2) is 0 Å². The minimum Gasteiger partial charge on any atom is -0.487 e. The number of barbiturate groups is 1. The summed E-state index contributed by atoms with van der Waals surface area (Å²) in [5.41, 5.74) is 2.64. The number of nitrogens with one attached hydrogen (secondary N) is 1. The Hall–Kier alpha value is -2.71. The molecule has 0 spiro atoms. The maximum absolute atomic E-state index is 13.1. The number of anilines is 1. The summed E-state index contributed by atoms with van der Waals surface area (Å²) in [7, 11) is 0. The van der Waals surface area contributed by atoms with Gasteiger partial charge in [-0.05, 0) is 92.7 Å². The number of nitrogens with zero attached hydrogens (tertiary/aromatic N) is 1. The molecule has 6 nitrogen and oxygen atoms in total. The highest BCUT2D eigenvalue weighted by Crippen LogP contribution is 2.36. The van der Waals surface area contributed by atoms with Gasteiger partial charge in [0.05, 0.1) is 14.6 Å². The van der Waals surface area contributed by atoms with Crippen molar-refractivity contribution in [2.45, 2.75) is 13.8 Å². The van der Waals surface area contributed by atoms with Gasteiger partial charge < -0.3 is 4.74 Å². The molecular weight excluding hydrogens is 516 g/mol. The highest BCUT2D eigenvalue weighted by Gasteiger charge is 2.37. The van der Waals surface area contributed by atoms with E-state index in [1.807, 2.05) is 19.9 Å². The van der Waals surface area contributed by atoms with Gasteiger partial charge >= 0.3 is 6.03 Å². The fourth-order valence-electron chi connectivity index (χ4n) is 3.08. The molecule has 1 aliphatic heterocycles. The van der Waals surface area contributed by atoms with E-state index in [0.717, 1.165) is 16.0 Å². The van der Waals surface area contributed by atoms with E-state index in [-0.39, 0.29) is 5.57 Å². The molecule has 4 amide bonds. The monoisotopic (exact) mass is 532 g/mol. The third kappa shape index (κ3) is 4.55. The normalized spacial score (nSPS) is 15.4. The van der Waals surface area contributed by atoms with E-state index in [1.165, 1.54) is 6.08 Å². The van der Waals surface area contributed by atoms with E-state index in [1.54, 1.807) is 30.3 Å². The Balaban J connectivity index is 2.01. The van der Waals surface area contributed by atoms with Gasteiger partial charge in [-0.1, -0.05) is 18.7 Å². The van der Waals surface area contributed by atoms with Crippen molar-refractivity contribution in [1.82, 2.24) is 5.32 Å². The lowest BCUT2D eigenvalue weighted by atomic mass is 10.1. The topological polar surface area (TPSA) is 75.7 Å². The predicted octanol–water partition coefficient (Wildman–Crippen LogP) is 5.06. The van der Waals surface area contributed by atoms with E-state index in [2.05, 4.69) is 43.8 Å². The number of hydrogen-bond acceptors (Lipinski definition) is 4. The molecule has 3 rings (SSSR count). The number of benzene rings is 2. The molecule has 1 heterocycles. The zero-order chi connectivity index (χ0) is 22.0. The molecule has 0 bridgehead atoms. The van der Waals surface area contributed by atoms with Crippen molar-refractivity contribution in [2.24, 2.45) is 0 Å². The van der Waals surface area contributed by atoms with Crippen molar-refractivity contribution in [2.75, 3.05) is 11.5 Å². The second kappa shape index (κ2) is 8.97. The van der Waals surface area contributed by atoms with Gasteiger partial charge in [-0.2, -0.15) is 0 Å². The molecule has 0 radical (unpaired) electrons. The minimum atomic E-state index is -0.775. The van der Waals surface area contributed by atoms with Gasteiger partial charge in [-0.25, -0.2) is 9.69 Å². The fraction of sp³-hybridized carbons (Fsp3) is 0.136. The molecule has 0 atom stereocenters. The smallest absolute Gasteiger partial charge is 0.335 e. The predicted molar refractivity (Wildman–Crippen MR) is 122 cm³/mol. The van der Waals surface area contributed by atoms with E-state index in [9.17, 15) is 14.4 Å². The van der Waals surface area contributed by atoms with Crippen molar-refractivity contribution in [3.63, 3.8) is 0 Å². The Morgan fingerprint density at radius 3 is 2.20 bits per heavy atom. The van der Waals surface area contributed by atoms with Crippen molar-refractivity contribution < 1.29 is 19.1 Å². The lowest BCUT2D eigenvalue weighted by Gasteiger charge is -2.27. The van der Waals surface area contributed by atoms with Crippen LogP contribution in [-0.4, -0.2) is 24.5 Å². The van der Waals surface area contributed by atoms with Gasteiger partial charge in [-0.3, -0.25) is 14.9 Å². The van der Waals surface area contributed by atoms with Crippen LogP contribution >= 0.6 is 31.9 Å². The Bertz CT molecular complexity index is 1070. The summed E-state index contributed by atoms with van der Waals surface area (Å²) in [5.74, 6) is -0.860. The quantitative estimate of drug-likeness (QED) is 0.331. The fourth-order valence-corrected chi connectivity index (χ4v) is 4.53. The summed E-state index contributed by atoms with van der Waals surface area (Å²) in [5, 5.41) is 2.24. The van der Waals surface area contributed by atoms with Crippen LogP contribution in [0.15, 0.2) is 57.5 Å². The first kappa shape index (κ1) is 22.0. The highest BCUT2D eigenvalue weighted by molar-refractivity contribution is 9.11. The molecule has 1 aliphatic rings. The first-order chi connectivity index (χ1) is 14.2. The number of halogens is 2. The van der Waals surface area contributed by atoms with Crippen LogP contribution in [-0.2, 0) is 9.59 Å². The molecular formula is C22H18Br2N2O4. The Morgan fingerprint density at radius 1 is 1.03 bits per heavy atom. The molecule has 0 saturated carbocycles. The van der Waals surface area contributed by atoms with E-state index in [0.29, 0.717) is 32.6 Å². The van der Waals surface area contributed by atoms with Crippen LogP contribution in [0.2, 0.25) is 0 Å². The molecule has 0 unspecified atom stereocenters. The largest absolute Gasteiger partial charge is 0.487 e. The second-order valence-corrected chi connectivity index (χ2v) is 8.43. The molecule has 30 heavy (non-hydrogen) atoms. The first-order valence-electron chi connectivity index (χ1n) is 8.93. The number of ether oxygens (including phenoxy) is 1. The lowest BCUT2D eigenvalue weighted by molar-refractivity contribution is -0.122. The molecule has 2 aromatic rings. The molecule has 2 aromatic carbocycles. The average molecular weight is 534 g/mol. The molecule has 1 fully saturated rings. The Labute approximate surface area is 190 Å². The number of rotatable bonds is 5. The molecule has 8 heteroatoms. The van der Waals surface area contributed by atoms with E-state index in [4.69, 9.17) is 4.74 Å². The number of carbonyl (C=O) groups is 3. The summed E-state index contributed by atoms with van der Waals surface area (Å²) >= 11 is 6.86. The number of amides is 4. The van der Waals surface area contributed by atoms with Crippen LogP contribution in [0.3, 0.4) is 0 Å². The van der Waals surface area contributed by atoms with Crippen molar-refractivity contribution in [3.8, 4) is 5.75 Å². The standard InChI is InChI=1S/C22H18Br2N2O4/c1-4-5-30-19-17(23)10-14(11-18(19)24)9-16-20(27)25-22(29)26(21(16)28)15-7-12(2)6-13(3)8-15/h4,6-11H,1,5H2,2-3H3,(H,25,27,29)/b16-9-. The number of carbonyl (C=O) groups excluding carboxylic acids is 3. The number of urea groups is 1. The van der Waals surface area contributed by atoms with Crippen molar-refractivity contribution >= 4 is 61.5 Å². The third-order valence-electron chi connectivity index (χ3n) is 4.24. The maximum atomic E-state index is 13.1. The van der Waals surface area contributed by atoms with Crippen LogP contribution in [0.5, 0.6) is 5.75 Å². The molecule has 1 N–H and O–H groups in total. The molecule has 0 aliphatic carbocycles. The molecule has 1 saturated heterocycles. The van der Waals surface area contributed by atoms with Crippen LogP contribution < -0.4 is 15.0 Å². The SMILES string of the molecule is C=CCOc1c(Br)cc(/C=C2/C(=O)NC(=O)N(c3cc(C)cc(C)c3)C2=O)cc1Br. The highest BCUT2D eigenvalue weighted by atomic mass is 79.9. The van der Waals surface area contributed by atoms with Crippen LogP contribution in [0.1, 0.15) is 16.7 Å². The van der Waals surface area contributed by atoms with Gasteiger partial charge in [0.2, 0.25) is 0 Å². The third-order valence-corrected chi connectivity index (χ3v) is 5.42. The zero-order valence-corrected chi connectivity index (χ0v) is 19.5. The van der Waals surface area contributed by atoms with Crippen LogP contribution in [0, 0.1) is 13.8 Å². The minimum absolute atomic E-state index is 0.146.